The first-order valence-corrected chi connectivity index (χ1v) is 8.07. The van der Waals surface area contributed by atoms with Crippen LogP contribution in [0.2, 0.25) is 0 Å². The zero-order chi connectivity index (χ0) is 17.6. The molecule has 0 bridgehead atoms. The Bertz CT molecular complexity index is 969. The van der Waals surface area contributed by atoms with Crippen molar-refractivity contribution in [3.05, 3.63) is 53.4 Å². The second-order valence-corrected chi connectivity index (χ2v) is 6.16. The van der Waals surface area contributed by atoms with Crippen LogP contribution in [0.3, 0.4) is 0 Å². The van der Waals surface area contributed by atoms with Crippen LogP contribution in [0, 0.1) is 12.7 Å². The number of fused-ring (bicyclic) bond motifs is 1. The Hall–Kier alpha value is -3.03. The second kappa shape index (κ2) is 5.80. The van der Waals surface area contributed by atoms with Crippen molar-refractivity contribution >= 4 is 17.4 Å². The topological polar surface area (TPSA) is 89.4 Å². The molecule has 3 aromatic heterocycles. The van der Waals surface area contributed by atoms with Crippen LogP contribution < -0.4 is 10.6 Å². The minimum Gasteiger partial charge on any atom is -0.365 e. The van der Waals surface area contributed by atoms with E-state index in [1.54, 1.807) is 6.20 Å². The molecule has 1 atom stereocenters. The Labute approximate surface area is 143 Å². The molecule has 0 saturated carbocycles. The lowest BCUT2D eigenvalue weighted by molar-refractivity contribution is 0.100. The highest BCUT2D eigenvalue weighted by atomic mass is 19.1. The standard InChI is InChI=1S/C17H17FN6O/c1-10-12(7-11(18)8-20-10)14-3-2-5-23(14)15-4-6-24-17(22-15)13(9-21-24)16(19)25/h4,6-9,14H,2-3,5H2,1H3,(H2,19,25)/t14-/m1/s1. The third-order valence-corrected chi connectivity index (χ3v) is 4.62. The van der Waals surface area contributed by atoms with Crippen molar-refractivity contribution in [2.75, 3.05) is 11.4 Å². The number of pyridine rings is 1. The summed E-state index contributed by atoms with van der Waals surface area (Å²) in [6.45, 7) is 2.67. The number of primary amides is 1. The van der Waals surface area contributed by atoms with Gasteiger partial charge in [0.15, 0.2) is 5.65 Å². The molecule has 7 nitrogen and oxygen atoms in total. The number of hydrogen-bond donors (Lipinski definition) is 1. The molecule has 128 valence electrons. The average Bonchev–Trinajstić information content (AvgIpc) is 3.22. The molecule has 0 unspecified atom stereocenters. The van der Waals surface area contributed by atoms with Gasteiger partial charge in [-0.25, -0.2) is 13.9 Å². The first-order chi connectivity index (χ1) is 12.0. The van der Waals surface area contributed by atoms with Gasteiger partial charge in [0.25, 0.3) is 5.91 Å². The Morgan fingerprint density at radius 2 is 2.24 bits per heavy atom. The van der Waals surface area contributed by atoms with Gasteiger partial charge in [0.05, 0.1) is 18.4 Å². The minimum atomic E-state index is -0.567. The maximum Gasteiger partial charge on any atom is 0.254 e. The second-order valence-electron chi connectivity index (χ2n) is 6.16. The van der Waals surface area contributed by atoms with Crippen LogP contribution in [-0.2, 0) is 0 Å². The summed E-state index contributed by atoms with van der Waals surface area (Å²) >= 11 is 0. The number of rotatable bonds is 3. The number of hydrogen-bond acceptors (Lipinski definition) is 5. The molecule has 0 aromatic carbocycles. The van der Waals surface area contributed by atoms with E-state index in [4.69, 9.17) is 5.73 Å². The number of halogens is 1. The van der Waals surface area contributed by atoms with Crippen LogP contribution in [0.4, 0.5) is 10.2 Å². The molecule has 1 amide bonds. The summed E-state index contributed by atoms with van der Waals surface area (Å²) in [4.78, 5) is 22.4. The smallest absolute Gasteiger partial charge is 0.254 e. The summed E-state index contributed by atoms with van der Waals surface area (Å²) in [6, 6.07) is 3.38. The molecular weight excluding hydrogens is 323 g/mol. The van der Waals surface area contributed by atoms with Gasteiger partial charge in [0.2, 0.25) is 0 Å². The van der Waals surface area contributed by atoms with Gasteiger partial charge in [-0.3, -0.25) is 9.78 Å². The van der Waals surface area contributed by atoms with Crippen molar-refractivity contribution in [1.29, 1.82) is 0 Å². The molecule has 3 aromatic rings. The molecule has 4 heterocycles. The van der Waals surface area contributed by atoms with Crippen LogP contribution in [0.25, 0.3) is 5.65 Å². The van der Waals surface area contributed by atoms with Crippen molar-refractivity contribution in [2.24, 2.45) is 5.73 Å². The fraction of sp³-hybridized carbons (Fsp3) is 0.294. The highest BCUT2D eigenvalue weighted by Gasteiger charge is 2.29. The van der Waals surface area contributed by atoms with E-state index in [2.05, 4.69) is 20.0 Å². The van der Waals surface area contributed by atoms with Crippen LogP contribution in [0.15, 0.2) is 30.7 Å². The number of carbonyl (C=O) groups excluding carboxylic acids is 1. The summed E-state index contributed by atoms with van der Waals surface area (Å²) in [7, 11) is 0. The third-order valence-electron chi connectivity index (χ3n) is 4.62. The van der Waals surface area contributed by atoms with Crippen molar-refractivity contribution < 1.29 is 9.18 Å². The maximum absolute atomic E-state index is 13.7. The molecule has 0 aliphatic carbocycles. The molecule has 1 saturated heterocycles. The average molecular weight is 340 g/mol. The molecule has 2 N–H and O–H groups in total. The summed E-state index contributed by atoms with van der Waals surface area (Å²) in [6.07, 6.45) is 6.25. The summed E-state index contributed by atoms with van der Waals surface area (Å²) in [5.41, 5.74) is 7.76. The van der Waals surface area contributed by atoms with Gasteiger partial charge >= 0.3 is 0 Å². The van der Waals surface area contributed by atoms with Gasteiger partial charge in [0, 0.05) is 18.4 Å². The molecule has 1 aliphatic heterocycles. The quantitative estimate of drug-likeness (QED) is 0.788. The Morgan fingerprint density at radius 1 is 1.40 bits per heavy atom. The number of aromatic nitrogens is 4. The predicted octanol–water partition coefficient (Wildman–Crippen LogP) is 2.01. The maximum atomic E-state index is 13.7. The summed E-state index contributed by atoms with van der Waals surface area (Å²) in [5, 5.41) is 4.09. The fourth-order valence-electron chi connectivity index (χ4n) is 3.42. The predicted molar refractivity (Wildman–Crippen MR) is 89.8 cm³/mol. The Morgan fingerprint density at radius 3 is 3.04 bits per heavy atom. The van der Waals surface area contributed by atoms with Gasteiger partial charge < -0.3 is 10.6 Å². The first-order valence-electron chi connectivity index (χ1n) is 8.07. The van der Waals surface area contributed by atoms with Crippen LogP contribution in [0.1, 0.15) is 40.5 Å². The third kappa shape index (κ3) is 2.59. The molecule has 1 fully saturated rings. The first kappa shape index (κ1) is 15.5. The fourth-order valence-corrected chi connectivity index (χ4v) is 3.42. The number of nitrogens with two attached hydrogens (primary N) is 1. The highest BCUT2D eigenvalue weighted by Crippen LogP contribution is 2.36. The van der Waals surface area contributed by atoms with Gasteiger partial charge in [-0.2, -0.15) is 5.10 Å². The van der Waals surface area contributed by atoms with Crippen molar-refractivity contribution in [2.45, 2.75) is 25.8 Å². The number of aryl methyl sites for hydroxylation is 1. The van der Waals surface area contributed by atoms with Crippen molar-refractivity contribution in [3.63, 3.8) is 0 Å². The Kier molecular flexibility index (Phi) is 3.60. The number of amides is 1. The van der Waals surface area contributed by atoms with Crippen molar-refractivity contribution in [3.8, 4) is 0 Å². The van der Waals surface area contributed by atoms with Crippen LogP contribution in [0.5, 0.6) is 0 Å². The summed E-state index contributed by atoms with van der Waals surface area (Å²) in [5.74, 6) is -0.202. The van der Waals surface area contributed by atoms with Gasteiger partial charge in [0.1, 0.15) is 17.2 Å². The van der Waals surface area contributed by atoms with Gasteiger partial charge in [-0.05, 0) is 37.5 Å². The molecule has 4 rings (SSSR count). The largest absolute Gasteiger partial charge is 0.365 e. The Balaban J connectivity index is 1.77. The van der Waals surface area contributed by atoms with E-state index in [9.17, 15) is 9.18 Å². The molecular formula is C17H17FN6O. The summed E-state index contributed by atoms with van der Waals surface area (Å²) < 4.78 is 15.2. The molecule has 0 spiro atoms. The van der Waals surface area contributed by atoms with E-state index in [0.29, 0.717) is 11.5 Å². The highest BCUT2D eigenvalue weighted by molar-refractivity contribution is 5.98. The molecule has 1 aliphatic rings. The van der Waals surface area contributed by atoms with E-state index >= 15 is 0 Å². The van der Waals surface area contributed by atoms with E-state index < -0.39 is 5.91 Å². The lowest BCUT2D eigenvalue weighted by Crippen LogP contribution is -2.25. The SMILES string of the molecule is Cc1ncc(F)cc1[C@H]1CCCN1c1ccn2ncc(C(N)=O)c2n1. The number of carbonyl (C=O) groups is 1. The lowest BCUT2D eigenvalue weighted by atomic mass is 10.0. The van der Waals surface area contributed by atoms with E-state index in [1.165, 1.54) is 23.0 Å². The van der Waals surface area contributed by atoms with Crippen LogP contribution >= 0.6 is 0 Å². The molecule has 0 radical (unpaired) electrons. The van der Waals surface area contributed by atoms with Gasteiger partial charge in [-0.1, -0.05) is 0 Å². The molecule has 25 heavy (non-hydrogen) atoms. The normalized spacial score (nSPS) is 17.4. The van der Waals surface area contributed by atoms with E-state index in [1.807, 2.05) is 13.0 Å². The molecule has 8 heteroatoms. The minimum absolute atomic E-state index is 0.00176. The van der Waals surface area contributed by atoms with E-state index in [0.717, 1.165) is 30.6 Å². The van der Waals surface area contributed by atoms with Gasteiger partial charge in [-0.15, -0.1) is 0 Å². The monoisotopic (exact) mass is 340 g/mol. The van der Waals surface area contributed by atoms with Crippen LogP contribution in [-0.4, -0.2) is 32.0 Å². The number of anilines is 1. The van der Waals surface area contributed by atoms with E-state index in [-0.39, 0.29) is 17.4 Å². The lowest BCUT2D eigenvalue weighted by Gasteiger charge is -2.27. The number of nitrogens with zero attached hydrogens (tertiary/aromatic N) is 5. The zero-order valence-corrected chi connectivity index (χ0v) is 13.7. The van der Waals surface area contributed by atoms with Crippen molar-refractivity contribution in [1.82, 2.24) is 19.6 Å². The zero-order valence-electron chi connectivity index (χ0n) is 13.7.